The van der Waals surface area contributed by atoms with E-state index >= 15 is 0 Å². The van der Waals surface area contributed by atoms with Crippen LogP contribution in [0.3, 0.4) is 0 Å². The van der Waals surface area contributed by atoms with Crippen molar-refractivity contribution in [1.29, 1.82) is 0 Å². The summed E-state index contributed by atoms with van der Waals surface area (Å²) < 4.78 is 0. The van der Waals surface area contributed by atoms with E-state index in [2.05, 4.69) is 141 Å². The molecule has 0 heteroatoms. The van der Waals surface area contributed by atoms with Crippen LogP contribution in [-0.4, -0.2) is 0 Å². The van der Waals surface area contributed by atoms with Gasteiger partial charge < -0.3 is 0 Å². The van der Waals surface area contributed by atoms with Crippen molar-refractivity contribution < 1.29 is 0 Å². The SMILES string of the molecule is CCCCC(CCCC(CCCC(CC)C1=C/C=C\C=C/C=C\1)C1=C/C=C\C=C/C=C\1)C1=C/C=C\C=C/C=C\1. The summed E-state index contributed by atoms with van der Waals surface area (Å²) in [6, 6.07) is 0. The maximum Gasteiger partial charge on any atom is -0.0162 e. The Balaban J connectivity index is 1.65. The molecule has 3 aliphatic rings. The Hall–Kier alpha value is -3.12. The Morgan fingerprint density at radius 1 is 0.385 bits per heavy atom. The van der Waals surface area contributed by atoms with Crippen LogP contribution in [0.25, 0.3) is 0 Å². The van der Waals surface area contributed by atoms with Crippen molar-refractivity contribution in [3.05, 3.63) is 144 Å². The number of allylic oxidation sites excluding steroid dienone is 24. The highest BCUT2D eigenvalue weighted by atomic mass is 14.2. The van der Waals surface area contributed by atoms with Crippen molar-refractivity contribution in [1.82, 2.24) is 0 Å². The van der Waals surface area contributed by atoms with Crippen LogP contribution >= 0.6 is 0 Å². The third-order valence-electron chi connectivity index (χ3n) is 8.09. The fourth-order valence-electron chi connectivity index (χ4n) is 5.79. The van der Waals surface area contributed by atoms with E-state index in [0.29, 0.717) is 17.8 Å². The van der Waals surface area contributed by atoms with E-state index in [9.17, 15) is 0 Å². The first-order chi connectivity index (χ1) is 19.3. The van der Waals surface area contributed by atoms with Gasteiger partial charge in [-0.15, -0.1) is 0 Å². The maximum atomic E-state index is 2.35. The van der Waals surface area contributed by atoms with Gasteiger partial charge in [-0.1, -0.05) is 167 Å². The molecule has 0 bridgehead atoms. The number of unbranched alkanes of at least 4 members (excludes halogenated alkanes) is 1. The second kappa shape index (κ2) is 19.0. The van der Waals surface area contributed by atoms with Crippen LogP contribution in [0.5, 0.6) is 0 Å². The number of rotatable bonds is 15. The highest BCUT2D eigenvalue weighted by Gasteiger charge is 2.18. The van der Waals surface area contributed by atoms with Crippen LogP contribution in [0.2, 0.25) is 0 Å². The van der Waals surface area contributed by atoms with Crippen LogP contribution in [0.4, 0.5) is 0 Å². The van der Waals surface area contributed by atoms with Gasteiger partial charge >= 0.3 is 0 Å². The predicted octanol–water partition coefficient (Wildman–Crippen LogP) is 11.6. The predicted molar refractivity (Wildman–Crippen MR) is 174 cm³/mol. The lowest BCUT2D eigenvalue weighted by atomic mass is 9.82. The molecule has 3 unspecified atom stereocenters. The Kier molecular flexibility index (Phi) is 14.8. The summed E-state index contributed by atoms with van der Waals surface area (Å²) in [5.74, 6) is 1.88. The topological polar surface area (TPSA) is 0 Å². The molecule has 3 atom stereocenters. The molecular weight excluding hydrogens is 468 g/mol. The largest absolute Gasteiger partial charge is 0.0654 e. The summed E-state index contributed by atoms with van der Waals surface area (Å²) in [5, 5.41) is 0. The molecule has 0 aromatic heterocycles. The van der Waals surface area contributed by atoms with Gasteiger partial charge in [0.2, 0.25) is 0 Å². The molecule has 0 heterocycles. The zero-order valence-electron chi connectivity index (χ0n) is 24.4. The Bertz CT molecular complexity index is 1080. The van der Waals surface area contributed by atoms with E-state index in [0.717, 1.165) is 0 Å². The van der Waals surface area contributed by atoms with Gasteiger partial charge in [-0.05, 0) is 73.0 Å². The molecule has 0 spiro atoms. The normalized spacial score (nSPS) is 30.2. The average Bonchev–Trinajstić information content (AvgIpc) is 2.88. The molecule has 206 valence electrons. The van der Waals surface area contributed by atoms with E-state index in [-0.39, 0.29) is 0 Å². The summed E-state index contributed by atoms with van der Waals surface area (Å²) in [4.78, 5) is 0. The number of hydrogen-bond acceptors (Lipinski definition) is 0. The number of hydrogen-bond donors (Lipinski definition) is 0. The lowest BCUT2D eigenvalue weighted by molar-refractivity contribution is 0.411. The molecule has 0 aliphatic heterocycles. The molecule has 0 N–H and O–H groups in total. The van der Waals surface area contributed by atoms with E-state index < -0.39 is 0 Å². The molecule has 0 radical (unpaired) electrons. The molecule has 0 fully saturated rings. The Labute approximate surface area is 239 Å². The minimum Gasteiger partial charge on any atom is -0.0654 e. The molecule has 0 aromatic carbocycles. The van der Waals surface area contributed by atoms with E-state index in [1.807, 2.05) is 0 Å². The third kappa shape index (κ3) is 11.7. The van der Waals surface area contributed by atoms with Gasteiger partial charge in [-0.3, -0.25) is 0 Å². The highest BCUT2D eigenvalue weighted by Crippen LogP contribution is 2.32. The van der Waals surface area contributed by atoms with Crippen LogP contribution < -0.4 is 0 Å². The Morgan fingerprint density at radius 3 is 1.13 bits per heavy atom. The van der Waals surface area contributed by atoms with Crippen molar-refractivity contribution in [2.75, 3.05) is 0 Å². The van der Waals surface area contributed by atoms with Gasteiger partial charge in [0.1, 0.15) is 0 Å². The fourth-order valence-corrected chi connectivity index (χ4v) is 5.79. The molecule has 3 aliphatic carbocycles. The molecule has 0 saturated carbocycles. The zero-order chi connectivity index (χ0) is 27.4. The van der Waals surface area contributed by atoms with Gasteiger partial charge in [0, 0.05) is 0 Å². The van der Waals surface area contributed by atoms with Crippen LogP contribution in [0.15, 0.2) is 144 Å². The monoisotopic (exact) mass is 518 g/mol. The lowest BCUT2D eigenvalue weighted by Gasteiger charge is -2.23. The third-order valence-corrected chi connectivity index (χ3v) is 8.09. The van der Waals surface area contributed by atoms with E-state index in [1.54, 1.807) is 0 Å². The maximum absolute atomic E-state index is 2.35. The lowest BCUT2D eigenvalue weighted by Crippen LogP contribution is -2.09. The summed E-state index contributed by atoms with van der Waals surface area (Å²) >= 11 is 0. The minimum atomic E-state index is 0.608. The quantitative estimate of drug-likeness (QED) is 0.202. The van der Waals surface area contributed by atoms with Gasteiger partial charge in [0.05, 0.1) is 0 Å². The molecule has 39 heavy (non-hydrogen) atoms. The van der Waals surface area contributed by atoms with Crippen molar-refractivity contribution in [3.8, 4) is 0 Å². The van der Waals surface area contributed by atoms with Crippen molar-refractivity contribution in [3.63, 3.8) is 0 Å². The van der Waals surface area contributed by atoms with Gasteiger partial charge in [0.15, 0.2) is 0 Å². The zero-order valence-corrected chi connectivity index (χ0v) is 24.4. The fraction of sp³-hybridized carbons (Fsp3) is 0.385. The second-order valence-electron chi connectivity index (χ2n) is 10.9. The summed E-state index contributed by atoms with van der Waals surface area (Å²) in [6.45, 7) is 4.65. The van der Waals surface area contributed by atoms with Crippen LogP contribution in [0.1, 0.15) is 78.1 Å². The standard InChI is InChI=1S/C39H50/c1-3-5-23-36(37-26-17-11-7-12-18-27-37)32-22-33-39(38-28-19-13-8-14-20-29-38)31-21-30-34(4-2)35-24-15-9-6-10-16-25-35/h6-20,24-29,34,36,39H,3-5,21-23,30-33H2,1-2H3/b9-6-,10-6?,11-7-,12-7?,13-8-,14-8?,15-9?,16-10-,17-11?,18-12-,19-13?,20-14-,24-15-,25-16?,26-17-,27-18?,28-19-,29-20?,35-24?,35-25+,37-26?,37-27+,38-28?,38-29+. The molecule has 0 nitrogen and oxygen atoms in total. The first-order valence-electron chi connectivity index (χ1n) is 15.5. The van der Waals surface area contributed by atoms with Gasteiger partial charge in [0.25, 0.3) is 0 Å². The van der Waals surface area contributed by atoms with E-state index in [4.69, 9.17) is 0 Å². The molecule has 0 aromatic rings. The molecule has 0 saturated heterocycles. The van der Waals surface area contributed by atoms with Crippen molar-refractivity contribution in [2.24, 2.45) is 17.8 Å². The van der Waals surface area contributed by atoms with Gasteiger partial charge in [-0.2, -0.15) is 0 Å². The molecular formula is C39H50. The second-order valence-corrected chi connectivity index (χ2v) is 10.9. The van der Waals surface area contributed by atoms with Crippen LogP contribution in [-0.2, 0) is 0 Å². The first kappa shape index (κ1) is 30.4. The van der Waals surface area contributed by atoms with Crippen LogP contribution in [0, 0.1) is 17.8 Å². The Morgan fingerprint density at radius 2 is 0.718 bits per heavy atom. The van der Waals surface area contributed by atoms with Crippen molar-refractivity contribution >= 4 is 0 Å². The van der Waals surface area contributed by atoms with Crippen molar-refractivity contribution in [2.45, 2.75) is 78.1 Å². The average molecular weight is 519 g/mol. The molecule has 3 rings (SSSR count). The first-order valence-corrected chi connectivity index (χ1v) is 15.5. The summed E-state index contributed by atoms with van der Waals surface area (Å²) in [6.07, 6.45) is 59.0. The highest BCUT2D eigenvalue weighted by molar-refractivity contribution is 5.34. The summed E-state index contributed by atoms with van der Waals surface area (Å²) in [5.41, 5.74) is 4.45. The van der Waals surface area contributed by atoms with E-state index in [1.165, 1.54) is 80.9 Å². The molecule has 0 amide bonds. The summed E-state index contributed by atoms with van der Waals surface area (Å²) in [7, 11) is 0. The smallest absolute Gasteiger partial charge is 0.0162 e. The van der Waals surface area contributed by atoms with Gasteiger partial charge in [-0.25, -0.2) is 0 Å². The minimum absolute atomic E-state index is 0.608.